The molecule has 22 heavy (non-hydrogen) atoms. The van der Waals surface area contributed by atoms with E-state index in [9.17, 15) is 9.90 Å². The molecule has 1 spiro atoms. The minimum Gasteiger partial charge on any atom is -0.479 e. The molecule has 6 heteroatoms. The van der Waals surface area contributed by atoms with Crippen LogP contribution in [0.5, 0.6) is 0 Å². The van der Waals surface area contributed by atoms with Crippen molar-refractivity contribution >= 4 is 29.2 Å². The van der Waals surface area contributed by atoms with Crippen molar-refractivity contribution in [1.82, 2.24) is 0 Å². The molecule has 3 rings (SSSR count). The number of rotatable bonds is 2. The van der Waals surface area contributed by atoms with Gasteiger partial charge in [-0.2, -0.15) is 0 Å². The third kappa shape index (κ3) is 2.62. The van der Waals surface area contributed by atoms with Gasteiger partial charge in [0.1, 0.15) is 6.10 Å². The molecule has 2 aliphatic rings. The molecule has 2 atom stereocenters. The molecular weight excluding hydrogens is 327 g/mol. The third-order valence-corrected chi connectivity index (χ3v) is 5.08. The molecule has 0 amide bonds. The standard InChI is InChI=1S/C16H18Cl2O4/c1-15(14(19)20)13(11-6-5-10(17)9-12(11)18)21-16(22-15)7-3-2-4-8-16/h5-6,9,13H,2-4,7-8H2,1H3,(H,19,20)/t13-,15+/m1/s1. The highest BCUT2D eigenvalue weighted by atomic mass is 35.5. The van der Waals surface area contributed by atoms with E-state index in [1.165, 1.54) is 0 Å². The maximum absolute atomic E-state index is 11.8. The molecule has 4 nitrogen and oxygen atoms in total. The normalized spacial score (nSPS) is 30.6. The van der Waals surface area contributed by atoms with Gasteiger partial charge in [0.15, 0.2) is 11.4 Å². The van der Waals surface area contributed by atoms with Gasteiger partial charge in [-0.15, -0.1) is 0 Å². The first-order valence-corrected chi connectivity index (χ1v) is 8.18. The average molecular weight is 345 g/mol. The molecule has 1 saturated heterocycles. The lowest BCUT2D eigenvalue weighted by Crippen LogP contribution is -2.42. The molecule has 1 aliphatic heterocycles. The van der Waals surface area contributed by atoms with Crippen LogP contribution in [0.15, 0.2) is 18.2 Å². The van der Waals surface area contributed by atoms with Gasteiger partial charge >= 0.3 is 5.97 Å². The van der Waals surface area contributed by atoms with E-state index in [1.807, 2.05) is 0 Å². The SMILES string of the molecule is C[C@]1(C(=O)O)OC2(CCCCC2)O[C@@H]1c1ccc(Cl)cc1Cl. The Morgan fingerprint density at radius 3 is 2.55 bits per heavy atom. The van der Waals surface area contributed by atoms with Crippen molar-refractivity contribution in [1.29, 1.82) is 0 Å². The number of carbonyl (C=O) groups is 1. The van der Waals surface area contributed by atoms with Crippen LogP contribution in [0.4, 0.5) is 0 Å². The number of hydrogen-bond donors (Lipinski definition) is 1. The third-order valence-electron chi connectivity index (χ3n) is 4.52. The summed E-state index contributed by atoms with van der Waals surface area (Å²) in [4.78, 5) is 11.8. The Balaban J connectivity index is 2.01. The molecule has 1 aromatic rings. The van der Waals surface area contributed by atoms with E-state index in [2.05, 4.69) is 0 Å². The Labute approximate surface area is 139 Å². The Morgan fingerprint density at radius 1 is 1.27 bits per heavy atom. The second kappa shape index (κ2) is 5.68. The molecule has 1 saturated carbocycles. The van der Waals surface area contributed by atoms with Crippen molar-refractivity contribution in [2.75, 3.05) is 0 Å². The summed E-state index contributed by atoms with van der Waals surface area (Å²) in [7, 11) is 0. The summed E-state index contributed by atoms with van der Waals surface area (Å²) in [5, 5.41) is 10.6. The molecule has 1 aromatic carbocycles. The van der Waals surface area contributed by atoms with Gasteiger partial charge in [-0.3, -0.25) is 0 Å². The molecule has 0 aromatic heterocycles. The van der Waals surface area contributed by atoms with Gasteiger partial charge in [0.2, 0.25) is 0 Å². The second-order valence-corrected chi connectivity index (χ2v) is 6.99. The van der Waals surface area contributed by atoms with Crippen LogP contribution in [0.1, 0.15) is 50.7 Å². The van der Waals surface area contributed by atoms with Gasteiger partial charge in [0, 0.05) is 28.5 Å². The number of halogens is 2. The Kier molecular flexibility index (Phi) is 4.14. The molecule has 120 valence electrons. The molecule has 2 fully saturated rings. The maximum Gasteiger partial charge on any atom is 0.338 e. The van der Waals surface area contributed by atoms with E-state index in [4.69, 9.17) is 32.7 Å². The smallest absolute Gasteiger partial charge is 0.338 e. The summed E-state index contributed by atoms with van der Waals surface area (Å²) in [5.41, 5.74) is -0.868. The van der Waals surface area contributed by atoms with Crippen molar-refractivity contribution in [3.63, 3.8) is 0 Å². The highest BCUT2D eigenvalue weighted by Crippen LogP contribution is 2.52. The summed E-state index contributed by atoms with van der Waals surface area (Å²) in [5.74, 6) is -1.87. The van der Waals surface area contributed by atoms with Crippen LogP contribution in [0.25, 0.3) is 0 Å². The number of aliphatic carboxylic acids is 1. The number of carboxylic acids is 1. The van der Waals surface area contributed by atoms with E-state index >= 15 is 0 Å². The highest BCUT2D eigenvalue weighted by molar-refractivity contribution is 6.35. The predicted octanol–water partition coefficient (Wildman–Crippen LogP) is 4.59. The average Bonchev–Trinajstić information content (AvgIpc) is 2.74. The Bertz CT molecular complexity index is 598. The Hall–Kier alpha value is -0.810. The van der Waals surface area contributed by atoms with E-state index in [1.54, 1.807) is 25.1 Å². The summed E-state index contributed by atoms with van der Waals surface area (Å²) in [6, 6.07) is 4.98. The maximum atomic E-state index is 11.8. The zero-order chi connectivity index (χ0) is 16.0. The molecule has 0 radical (unpaired) electrons. The minimum absolute atomic E-state index is 0.390. The van der Waals surface area contributed by atoms with Crippen LogP contribution >= 0.6 is 23.2 Å². The first-order chi connectivity index (χ1) is 10.4. The second-order valence-electron chi connectivity index (χ2n) is 6.15. The summed E-state index contributed by atoms with van der Waals surface area (Å²) in [6.07, 6.45) is 3.71. The van der Waals surface area contributed by atoms with Crippen LogP contribution in [-0.2, 0) is 14.3 Å². The van der Waals surface area contributed by atoms with E-state index < -0.39 is 23.5 Å². The molecule has 1 aliphatic carbocycles. The summed E-state index contributed by atoms with van der Waals surface area (Å²) >= 11 is 12.2. The molecule has 1 N–H and O–H groups in total. The van der Waals surface area contributed by atoms with Crippen LogP contribution in [0.2, 0.25) is 10.0 Å². The lowest BCUT2D eigenvalue weighted by atomic mass is 9.93. The number of carboxylic acid groups (broad SMARTS) is 1. The van der Waals surface area contributed by atoms with Crippen molar-refractivity contribution in [3.05, 3.63) is 33.8 Å². The van der Waals surface area contributed by atoms with Crippen molar-refractivity contribution in [2.45, 2.75) is 56.5 Å². The van der Waals surface area contributed by atoms with Gasteiger partial charge in [-0.25, -0.2) is 4.79 Å². The van der Waals surface area contributed by atoms with Gasteiger partial charge < -0.3 is 14.6 Å². The fourth-order valence-electron chi connectivity index (χ4n) is 3.33. The first-order valence-electron chi connectivity index (χ1n) is 7.43. The molecule has 0 bridgehead atoms. The quantitative estimate of drug-likeness (QED) is 0.852. The first kappa shape index (κ1) is 16.1. The number of ether oxygens (including phenoxy) is 2. The topological polar surface area (TPSA) is 55.8 Å². The largest absolute Gasteiger partial charge is 0.479 e. The van der Waals surface area contributed by atoms with Gasteiger partial charge in [-0.05, 0) is 31.9 Å². The fraction of sp³-hybridized carbons (Fsp3) is 0.562. The molecule has 0 unspecified atom stereocenters. The number of benzene rings is 1. The van der Waals surface area contributed by atoms with Crippen LogP contribution < -0.4 is 0 Å². The van der Waals surface area contributed by atoms with E-state index in [-0.39, 0.29) is 0 Å². The van der Waals surface area contributed by atoms with E-state index in [0.717, 1.165) is 19.3 Å². The van der Waals surface area contributed by atoms with Crippen LogP contribution in [0.3, 0.4) is 0 Å². The zero-order valence-corrected chi connectivity index (χ0v) is 13.8. The van der Waals surface area contributed by atoms with Gasteiger partial charge in [0.05, 0.1) is 0 Å². The summed E-state index contributed by atoms with van der Waals surface area (Å²) < 4.78 is 12.1. The van der Waals surface area contributed by atoms with Crippen molar-refractivity contribution in [3.8, 4) is 0 Å². The fourth-order valence-corrected chi connectivity index (χ4v) is 3.84. The van der Waals surface area contributed by atoms with E-state index in [0.29, 0.717) is 28.5 Å². The lowest BCUT2D eigenvalue weighted by molar-refractivity contribution is -0.211. The van der Waals surface area contributed by atoms with Crippen LogP contribution in [-0.4, -0.2) is 22.5 Å². The molecule has 1 heterocycles. The zero-order valence-electron chi connectivity index (χ0n) is 12.3. The summed E-state index contributed by atoms with van der Waals surface area (Å²) in [6.45, 7) is 1.55. The highest BCUT2D eigenvalue weighted by Gasteiger charge is 2.59. The van der Waals surface area contributed by atoms with Crippen molar-refractivity contribution < 1.29 is 19.4 Å². The van der Waals surface area contributed by atoms with Crippen LogP contribution in [0, 0.1) is 0 Å². The molecular formula is C16H18Cl2O4. The lowest BCUT2D eigenvalue weighted by Gasteiger charge is -2.32. The Morgan fingerprint density at radius 2 is 1.95 bits per heavy atom. The van der Waals surface area contributed by atoms with Gasteiger partial charge in [0.25, 0.3) is 0 Å². The minimum atomic E-state index is -1.46. The monoisotopic (exact) mass is 344 g/mol. The number of hydrogen-bond acceptors (Lipinski definition) is 3. The van der Waals surface area contributed by atoms with Crippen molar-refractivity contribution in [2.24, 2.45) is 0 Å². The predicted molar refractivity (Wildman–Crippen MR) is 83.2 cm³/mol. The van der Waals surface area contributed by atoms with Gasteiger partial charge in [-0.1, -0.05) is 35.7 Å².